The van der Waals surface area contributed by atoms with Gasteiger partial charge < -0.3 is 9.97 Å². The summed E-state index contributed by atoms with van der Waals surface area (Å²) in [7, 11) is 2.26. The Morgan fingerprint density at radius 1 is 0.456 bits per heavy atom. The van der Waals surface area contributed by atoms with Gasteiger partial charge in [0.15, 0.2) is 4.77 Å². The van der Waals surface area contributed by atoms with Crippen molar-refractivity contribution in [1.82, 2.24) is 28.4 Å². The van der Waals surface area contributed by atoms with E-state index in [9.17, 15) is 0 Å². The van der Waals surface area contributed by atoms with E-state index >= 15 is 0 Å². The molecule has 0 bridgehead atoms. The van der Waals surface area contributed by atoms with Crippen LogP contribution in [0, 0.1) is 4.77 Å². The maximum atomic E-state index is 5.29. The zero-order valence-electron chi connectivity index (χ0n) is 38.9. The Morgan fingerprint density at radius 2 is 0.789 bits per heavy atom. The van der Waals surface area contributed by atoms with Crippen molar-refractivity contribution in [2.24, 2.45) is 0 Å². The van der Waals surface area contributed by atoms with Gasteiger partial charge in [0.25, 0.3) is 0 Å². The number of nitrogens with one attached hydrogen (secondary N) is 2. The Kier molecular flexibility index (Phi) is 41.1. The predicted octanol–water partition coefficient (Wildman–Crippen LogP) is 15.4. The van der Waals surface area contributed by atoms with E-state index in [0.29, 0.717) is 0 Å². The molecule has 0 aliphatic heterocycles. The van der Waals surface area contributed by atoms with E-state index in [0.717, 1.165) is 18.0 Å². The second-order valence-electron chi connectivity index (χ2n) is 17.3. The van der Waals surface area contributed by atoms with Gasteiger partial charge >= 0.3 is 0 Å². The first kappa shape index (κ1) is 55.0. The fraction of sp³-hybridized carbons (Fsp3) is 0.938. The summed E-state index contributed by atoms with van der Waals surface area (Å²) < 4.78 is 6.18. The van der Waals surface area contributed by atoms with Gasteiger partial charge in [0.05, 0.1) is 6.67 Å². The van der Waals surface area contributed by atoms with Gasteiger partial charge in [-0.2, -0.15) is 0 Å². The maximum absolute atomic E-state index is 5.29. The molecular weight excluding hydrogens is 757 g/mol. The number of hydrogen-bond donors (Lipinski definition) is 2. The minimum absolute atomic E-state index is 0.724. The molecule has 0 aliphatic carbocycles. The number of imidazole rings is 1. The molecule has 9 heteroatoms. The summed E-state index contributed by atoms with van der Waals surface area (Å²) in [5.74, 6) is 2.61. The highest BCUT2D eigenvalue weighted by Gasteiger charge is 2.11. The molecule has 0 aliphatic rings. The van der Waals surface area contributed by atoms with Crippen molar-refractivity contribution >= 4 is 36.1 Å². The van der Waals surface area contributed by atoms with Crippen molar-refractivity contribution in [2.75, 3.05) is 64.5 Å². The van der Waals surface area contributed by atoms with Crippen LogP contribution in [0.2, 0.25) is 0 Å². The number of nitrogens with zero attached hydrogens (tertiary/aromatic N) is 4. The van der Waals surface area contributed by atoms with Crippen LogP contribution in [0.15, 0.2) is 6.20 Å². The third kappa shape index (κ3) is 36.3. The molecule has 1 aromatic heterocycles. The van der Waals surface area contributed by atoms with Crippen molar-refractivity contribution in [1.29, 1.82) is 0 Å². The quantitative estimate of drug-likeness (QED) is 0.0293. The Bertz CT molecular complexity index is 941. The summed E-state index contributed by atoms with van der Waals surface area (Å²) in [6.07, 6.45) is 43.4. The smallest absolute Gasteiger partial charge is 0.174 e. The second-order valence-corrected chi connectivity index (χ2v) is 20.0. The van der Waals surface area contributed by atoms with E-state index in [1.54, 1.807) is 0 Å². The number of aromatic amines is 2. The SMILES string of the molecule is CCCCCCCCN(CCCCCC)SCCCCCCCN(CCCCCCCSN(CCCCCC)CCCCCCCC)CN(C)Cc1c[nH]c(=S)[nH]1. The van der Waals surface area contributed by atoms with Gasteiger partial charge in [-0.25, -0.2) is 0 Å². The Labute approximate surface area is 370 Å². The van der Waals surface area contributed by atoms with Gasteiger partial charge in [-0.3, -0.25) is 18.4 Å². The first-order valence-corrected chi connectivity index (χ1v) is 27.2. The highest BCUT2D eigenvalue weighted by atomic mass is 32.2. The minimum atomic E-state index is 0.724. The Balaban J connectivity index is 2.38. The fourth-order valence-electron chi connectivity index (χ4n) is 7.76. The molecule has 0 saturated heterocycles. The van der Waals surface area contributed by atoms with Gasteiger partial charge in [0, 0.05) is 56.1 Å². The molecule has 57 heavy (non-hydrogen) atoms. The fourth-order valence-corrected chi connectivity index (χ4v) is 10.2. The Hall–Kier alpha value is -0.0300. The predicted molar refractivity (Wildman–Crippen MR) is 263 cm³/mol. The molecule has 0 radical (unpaired) electrons. The molecule has 1 aromatic rings. The first-order valence-electron chi connectivity index (χ1n) is 24.9. The van der Waals surface area contributed by atoms with Crippen LogP contribution in [-0.4, -0.2) is 92.9 Å². The molecule has 0 fully saturated rings. The number of H-pyrrole nitrogens is 2. The van der Waals surface area contributed by atoms with Crippen LogP contribution in [-0.2, 0) is 6.54 Å². The zero-order chi connectivity index (χ0) is 41.3. The average molecular weight is 856 g/mol. The van der Waals surface area contributed by atoms with Crippen molar-refractivity contribution < 1.29 is 0 Å². The summed E-state index contributed by atoms with van der Waals surface area (Å²) in [4.78, 5) is 11.6. The lowest BCUT2D eigenvalue weighted by Crippen LogP contribution is -2.36. The average Bonchev–Trinajstić information content (AvgIpc) is 3.62. The van der Waals surface area contributed by atoms with Crippen LogP contribution in [0.25, 0.3) is 0 Å². The molecule has 338 valence electrons. The molecule has 0 spiro atoms. The van der Waals surface area contributed by atoms with Gasteiger partial charge in [-0.1, -0.05) is 193 Å². The molecule has 0 saturated carbocycles. The summed E-state index contributed by atoms with van der Waals surface area (Å²) in [6.45, 7) is 18.8. The van der Waals surface area contributed by atoms with Crippen LogP contribution < -0.4 is 0 Å². The lowest BCUT2D eigenvalue weighted by atomic mass is 10.1. The number of aromatic nitrogens is 2. The summed E-state index contributed by atoms with van der Waals surface area (Å²) >= 11 is 9.60. The second kappa shape index (κ2) is 42.7. The lowest BCUT2D eigenvalue weighted by molar-refractivity contribution is 0.143. The largest absolute Gasteiger partial charge is 0.337 e. The molecule has 0 amide bonds. The number of rotatable bonds is 46. The Morgan fingerprint density at radius 3 is 1.16 bits per heavy atom. The molecule has 6 nitrogen and oxygen atoms in total. The summed E-state index contributed by atoms with van der Waals surface area (Å²) in [5.41, 5.74) is 1.18. The number of hydrogen-bond acceptors (Lipinski definition) is 7. The van der Waals surface area contributed by atoms with Crippen LogP contribution in [0.1, 0.15) is 226 Å². The maximum Gasteiger partial charge on any atom is 0.174 e. The van der Waals surface area contributed by atoms with Crippen molar-refractivity contribution in [3.8, 4) is 0 Å². The molecule has 2 N–H and O–H groups in total. The summed E-state index contributed by atoms with van der Waals surface area (Å²) in [5, 5.41) is 0. The van der Waals surface area contributed by atoms with Crippen LogP contribution in [0.4, 0.5) is 0 Å². The third-order valence-electron chi connectivity index (χ3n) is 11.4. The van der Waals surface area contributed by atoms with Gasteiger partial charge in [0.2, 0.25) is 0 Å². The van der Waals surface area contributed by atoms with Crippen molar-refractivity contribution in [2.45, 2.75) is 227 Å². The monoisotopic (exact) mass is 855 g/mol. The number of unbranched alkanes of at least 4 members (excludes halogenated alkanes) is 24. The van der Waals surface area contributed by atoms with Crippen molar-refractivity contribution in [3.05, 3.63) is 16.7 Å². The standard InChI is InChI=1S/C48H98N6S3/c1-6-10-14-18-24-32-40-53(38-30-16-12-8-3)56-42-34-26-20-22-28-36-52(46-51(5)45-47-44-49-48(55)50-47)37-29-23-21-27-35-43-57-54(39-31-17-13-9-4)41-33-25-19-15-11-7-2/h44H,6-43,45-46H2,1-5H3,(H2,49,50,55). The summed E-state index contributed by atoms with van der Waals surface area (Å²) in [6, 6.07) is 0. The van der Waals surface area contributed by atoms with Gasteiger partial charge in [-0.05, 0) is 83.7 Å². The van der Waals surface area contributed by atoms with E-state index in [1.165, 1.54) is 249 Å². The van der Waals surface area contributed by atoms with Crippen LogP contribution in [0.5, 0.6) is 0 Å². The van der Waals surface area contributed by atoms with E-state index < -0.39 is 0 Å². The molecule has 0 atom stereocenters. The van der Waals surface area contributed by atoms with E-state index in [4.69, 9.17) is 12.2 Å². The normalized spacial score (nSPS) is 12.1. The molecule has 1 rings (SSSR count). The topological polar surface area (TPSA) is 44.5 Å². The molecule has 0 unspecified atom stereocenters. The molecule has 0 aromatic carbocycles. The van der Waals surface area contributed by atoms with Gasteiger partial charge in [0.1, 0.15) is 0 Å². The zero-order valence-corrected chi connectivity index (χ0v) is 41.3. The van der Waals surface area contributed by atoms with E-state index in [2.05, 4.69) is 87.0 Å². The van der Waals surface area contributed by atoms with E-state index in [-0.39, 0.29) is 0 Å². The third-order valence-corrected chi connectivity index (χ3v) is 14.0. The highest BCUT2D eigenvalue weighted by Crippen LogP contribution is 2.20. The van der Waals surface area contributed by atoms with Crippen LogP contribution >= 0.6 is 36.1 Å². The van der Waals surface area contributed by atoms with Crippen molar-refractivity contribution in [3.63, 3.8) is 0 Å². The first-order chi connectivity index (χ1) is 28.0. The van der Waals surface area contributed by atoms with Gasteiger partial charge in [-0.15, -0.1) is 0 Å². The van der Waals surface area contributed by atoms with Crippen LogP contribution in [0.3, 0.4) is 0 Å². The van der Waals surface area contributed by atoms with E-state index in [1.807, 2.05) is 6.20 Å². The molecule has 1 heterocycles. The minimum Gasteiger partial charge on any atom is -0.337 e. The highest BCUT2D eigenvalue weighted by molar-refractivity contribution is 7.97. The lowest BCUT2D eigenvalue weighted by Gasteiger charge is -2.28. The molecular formula is C48H98N6S3.